The Balaban J connectivity index is 1.64. The monoisotopic (exact) mass is 286 g/mol. The molecule has 1 aliphatic heterocycles. The Hall–Kier alpha value is -2.44. The SMILES string of the molecule is Cn1cc(NC(=O)C2CCCN(c3ncccn3)C2)cn1. The van der Waals surface area contributed by atoms with E-state index in [4.69, 9.17) is 0 Å². The summed E-state index contributed by atoms with van der Waals surface area (Å²) < 4.78 is 1.67. The number of piperidine rings is 1. The zero-order valence-electron chi connectivity index (χ0n) is 11.9. The molecule has 0 radical (unpaired) electrons. The highest BCUT2D eigenvalue weighted by atomic mass is 16.1. The van der Waals surface area contributed by atoms with Gasteiger partial charge >= 0.3 is 0 Å². The van der Waals surface area contributed by atoms with Crippen molar-refractivity contribution < 1.29 is 4.79 Å². The van der Waals surface area contributed by atoms with Crippen LogP contribution < -0.4 is 10.2 Å². The highest BCUT2D eigenvalue weighted by Gasteiger charge is 2.27. The third kappa shape index (κ3) is 3.18. The Labute approximate surface area is 123 Å². The maximum Gasteiger partial charge on any atom is 0.229 e. The number of hydrogen-bond donors (Lipinski definition) is 1. The van der Waals surface area contributed by atoms with Gasteiger partial charge in [0.05, 0.1) is 17.8 Å². The van der Waals surface area contributed by atoms with Crippen LogP contribution in [-0.4, -0.2) is 38.7 Å². The molecule has 1 fully saturated rings. The quantitative estimate of drug-likeness (QED) is 0.913. The van der Waals surface area contributed by atoms with Crippen molar-refractivity contribution in [1.82, 2.24) is 19.7 Å². The molecule has 0 bridgehead atoms. The van der Waals surface area contributed by atoms with Crippen LogP contribution in [0.25, 0.3) is 0 Å². The molecule has 0 aromatic carbocycles. The Morgan fingerprint density at radius 3 is 2.90 bits per heavy atom. The van der Waals surface area contributed by atoms with Crippen LogP contribution in [0.4, 0.5) is 11.6 Å². The van der Waals surface area contributed by atoms with Crippen LogP contribution in [0.3, 0.4) is 0 Å². The fourth-order valence-corrected chi connectivity index (χ4v) is 2.56. The number of rotatable bonds is 3. The van der Waals surface area contributed by atoms with Crippen LogP contribution in [0, 0.1) is 5.92 Å². The van der Waals surface area contributed by atoms with Gasteiger partial charge in [-0.1, -0.05) is 0 Å². The van der Waals surface area contributed by atoms with Crippen LogP contribution in [0.5, 0.6) is 0 Å². The molecule has 3 heterocycles. The third-order valence-corrected chi connectivity index (χ3v) is 3.60. The highest BCUT2D eigenvalue weighted by molar-refractivity contribution is 5.92. The number of anilines is 2. The van der Waals surface area contributed by atoms with E-state index in [1.165, 1.54) is 0 Å². The van der Waals surface area contributed by atoms with E-state index < -0.39 is 0 Å². The Bertz CT molecular complexity index is 611. The van der Waals surface area contributed by atoms with E-state index in [1.807, 2.05) is 7.05 Å². The molecule has 0 saturated carbocycles. The van der Waals surface area contributed by atoms with Gasteiger partial charge in [0.15, 0.2) is 0 Å². The van der Waals surface area contributed by atoms with Crippen molar-refractivity contribution in [3.63, 3.8) is 0 Å². The van der Waals surface area contributed by atoms with E-state index in [0.29, 0.717) is 12.5 Å². The van der Waals surface area contributed by atoms with E-state index >= 15 is 0 Å². The lowest BCUT2D eigenvalue weighted by molar-refractivity contribution is -0.120. The Morgan fingerprint density at radius 1 is 1.38 bits per heavy atom. The summed E-state index contributed by atoms with van der Waals surface area (Å²) in [6, 6.07) is 1.79. The zero-order chi connectivity index (χ0) is 14.7. The normalized spacial score (nSPS) is 18.5. The molecule has 7 heteroatoms. The lowest BCUT2D eigenvalue weighted by Gasteiger charge is -2.31. The molecule has 1 saturated heterocycles. The molecule has 1 N–H and O–H groups in total. The zero-order valence-corrected chi connectivity index (χ0v) is 11.9. The Morgan fingerprint density at radius 2 is 2.19 bits per heavy atom. The minimum absolute atomic E-state index is 0.0311. The molecule has 0 aliphatic carbocycles. The van der Waals surface area contributed by atoms with Crippen molar-refractivity contribution in [3.8, 4) is 0 Å². The molecule has 1 unspecified atom stereocenters. The predicted molar refractivity (Wildman–Crippen MR) is 78.8 cm³/mol. The molecule has 1 amide bonds. The van der Waals surface area contributed by atoms with Crippen LogP contribution in [0.2, 0.25) is 0 Å². The number of nitrogens with one attached hydrogen (secondary N) is 1. The highest BCUT2D eigenvalue weighted by Crippen LogP contribution is 2.21. The van der Waals surface area contributed by atoms with Crippen molar-refractivity contribution >= 4 is 17.5 Å². The second-order valence-corrected chi connectivity index (χ2v) is 5.23. The van der Waals surface area contributed by atoms with E-state index in [1.54, 1.807) is 35.5 Å². The second-order valence-electron chi connectivity index (χ2n) is 5.23. The molecular formula is C14H18N6O. The van der Waals surface area contributed by atoms with Gasteiger partial charge in [-0.3, -0.25) is 9.48 Å². The lowest BCUT2D eigenvalue weighted by atomic mass is 9.97. The van der Waals surface area contributed by atoms with E-state index in [0.717, 1.165) is 25.1 Å². The van der Waals surface area contributed by atoms with Gasteiger partial charge < -0.3 is 10.2 Å². The minimum Gasteiger partial charge on any atom is -0.340 e. The average molecular weight is 286 g/mol. The van der Waals surface area contributed by atoms with Gasteiger partial charge in [0.2, 0.25) is 11.9 Å². The summed E-state index contributed by atoms with van der Waals surface area (Å²) >= 11 is 0. The van der Waals surface area contributed by atoms with E-state index in [2.05, 4.69) is 25.3 Å². The average Bonchev–Trinajstić information content (AvgIpc) is 2.93. The third-order valence-electron chi connectivity index (χ3n) is 3.60. The van der Waals surface area contributed by atoms with E-state index in [9.17, 15) is 4.79 Å². The maximum absolute atomic E-state index is 12.3. The minimum atomic E-state index is -0.0530. The first-order valence-corrected chi connectivity index (χ1v) is 7.04. The molecule has 2 aromatic rings. The van der Waals surface area contributed by atoms with Crippen LogP contribution in [0.1, 0.15) is 12.8 Å². The molecule has 3 rings (SSSR count). The predicted octanol–water partition coefficient (Wildman–Crippen LogP) is 1.07. The number of carbonyl (C=O) groups excluding carboxylic acids is 1. The summed E-state index contributed by atoms with van der Waals surface area (Å²) in [5.74, 6) is 0.669. The first kappa shape index (κ1) is 13.5. The van der Waals surface area contributed by atoms with Crippen molar-refractivity contribution in [2.75, 3.05) is 23.3 Å². The number of amides is 1. The van der Waals surface area contributed by atoms with Crippen LogP contribution in [0.15, 0.2) is 30.9 Å². The molecule has 0 spiro atoms. The summed E-state index contributed by atoms with van der Waals surface area (Å²) in [5, 5.41) is 6.96. The van der Waals surface area contributed by atoms with Crippen molar-refractivity contribution in [1.29, 1.82) is 0 Å². The van der Waals surface area contributed by atoms with Crippen LogP contribution >= 0.6 is 0 Å². The second kappa shape index (κ2) is 5.90. The maximum atomic E-state index is 12.3. The molecule has 21 heavy (non-hydrogen) atoms. The molecule has 2 aromatic heterocycles. The van der Waals surface area contributed by atoms with Gasteiger partial charge in [-0.05, 0) is 18.9 Å². The molecule has 110 valence electrons. The fourth-order valence-electron chi connectivity index (χ4n) is 2.56. The topological polar surface area (TPSA) is 75.9 Å². The summed E-state index contributed by atoms with van der Waals surface area (Å²) in [7, 11) is 1.82. The van der Waals surface area contributed by atoms with Crippen molar-refractivity contribution in [3.05, 3.63) is 30.9 Å². The fraction of sp³-hybridized carbons (Fsp3) is 0.429. The van der Waals surface area contributed by atoms with E-state index in [-0.39, 0.29) is 11.8 Å². The molecule has 1 aliphatic rings. The van der Waals surface area contributed by atoms with Gasteiger partial charge in [0.1, 0.15) is 0 Å². The van der Waals surface area contributed by atoms with Crippen molar-refractivity contribution in [2.45, 2.75) is 12.8 Å². The standard InChI is InChI=1S/C14H18N6O/c1-19-10-12(8-17-19)18-13(21)11-4-2-7-20(9-11)14-15-5-3-6-16-14/h3,5-6,8,10-11H,2,4,7,9H2,1H3,(H,18,21). The van der Waals surface area contributed by atoms with Crippen molar-refractivity contribution in [2.24, 2.45) is 13.0 Å². The Kier molecular flexibility index (Phi) is 3.81. The largest absolute Gasteiger partial charge is 0.340 e. The summed E-state index contributed by atoms with van der Waals surface area (Å²) in [6.45, 7) is 1.54. The van der Waals surface area contributed by atoms with Gasteiger partial charge in [-0.15, -0.1) is 0 Å². The smallest absolute Gasteiger partial charge is 0.229 e. The van der Waals surface area contributed by atoms with Gasteiger partial charge in [-0.25, -0.2) is 9.97 Å². The number of carbonyl (C=O) groups is 1. The summed E-state index contributed by atoms with van der Waals surface area (Å²) in [6.07, 6.45) is 8.74. The number of hydrogen-bond acceptors (Lipinski definition) is 5. The first-order valence-electron chi connectivity index (χ1n) is 7.04. The number of aryl methyl sites for hydroxylation is 1. The van der Waals surface area contributed by atoms with Gasteiger partial charge in [-0.2, -0.15) is 5.10 Å². The van der Waals surface area contributed by atoms with Crippen LogP contribution in [-0.2, 0) is 11.8 Å². The molecule has 1 atom stereocenters. The first-order chi connectivity index (χ1) is 10.2. The summed E-state index contributed by atoms with van der Waals surface area (Å²) in [5.41, 5.74) is 0.732. The lowest BCUT2D eigenvalue weighted by Crippen LogP contribution is -2.41. The number of aromatic nitrogens is 4. The summed E-state index contributed by atoms with van der Waals surface area (Å²) in [4.78, 5) is 22.9. The number of nitrogens with zero attached hydrogens (tertiary/aromatic N) is 5. The van der Waals surface area contributed by atoms with Gasteiger partial charge in [0.25, 0.3) is 0 Å². The molecular weight excluding hydrogens is 268 g/mol. The molecule has 7 nitrogen and oxygen atoms in total. The van der Waals surface area contributed by atoms with Gasteiger partial charge in [0, 0.05) is 38.7 Å².